The van der Waals surface area contributed by atoms with Crippen LogP contribution in [0.2, 0.25) is 0 Å². The molecule has 0 bridgehead atoms. The maximum atomic E-state index is 10.1. The third-order valence-electron chi connectivity index (χ3n) is 0.851. The van der Waals surface area contributed by atoms with Gasteiger partial charge in [0, 0.05) is 0 Å². The fourth-order valence-corrected chi connectivity index (χ4v) is 0.379. The van der Waals surface area contributed by atoms with Gasteiger partial charge in [0.1, 0.15) is 0 Å². The lowest BCUT2D eigenvalue weighted by Crippen LogP contribution is -2.09. The van der Waals surface area contributed by atoms with Crippen molar-refractivity contribution in [3.05, 3.63) is 12.2 Å². The Labute approximate surface area is 84.8 Å². The summed E-state index contributed by atoms with van der Waals surface area (Å²) >= 11 is 0. The summed E-state index contributed by atoms with van der Waals surface area (Å²) in [4.78, 5) is 33.8. The van der Waals surface area contributed by atoms with Crippen LogP contribution in [-0.2, 0) is 19.2 Å². The highest BCUT2D eigenvalue weighted by atomic mass is 31.0. The Morgan fingerprint density at radius 3 is 1.64 bits per heavy atom. The molecule has 0 saturated carbocycles. The number of nitrogens with two attached hydrogens (primary N) is 1. The van der Waals surface area contributed by atoms with E-state index in [1.165, 1.54) is 26.0 Å². The van der Waals surface area contributed by atoms with Crippen LogP contribution in [0.15, 0.2) is 12.2 Å². The van der Waals surface area contributed by atoms with Gasteiger partial charge in [-0.15, -0.1) is 9.24 Å². The minimum Gasteiger partial charge on any atom is -0.373 e. The Bertz CT molecular complexity index is 215. The van der Waals surface area contributed by atoms with Gasteiger partial charge in [0.15, 0.2) is 11.6 Å². The Hall–Kier alpha value is -1.06. The zero-order chi connectivity index (χ0) is 11.6. The molecule has 0 aliphatic rings. The van der Waals surface area contributed by atoms with Crippen molar-refractivity contribution in [2.45, 2.75) is 13.8 Å². The lowest BCUT2D eigenvalue weighted by Gasteiger charge is -1.85. The van der Waals surface area contributed by atoms with Gasteiger partial charge in [-0.05, 0) is 26.0 Å². The fourth-order valence-electron chi connectivity index (χ4n) is 0.283. The van der Waals surface area contributed by atoms with E-state index in [0.29, 0.717) is 0 Å². The highest BCUT2D eigenvalue weighted by Gasteiger charge is 1.89. The molecule has 0 aliphatic heterocycles. The van der Waals surface area contributed by atoms with Crippen LogP contribution in [0.1, 0.15) is 13.8 Å². The minimum atomic E-state index is -0.417. The summed E-state index contributed by atoms with van der Waals surface area (Å²) in [5, 5.41) is 0. The zero-order valence-electron chi connectivity index (χ0n) is 8.15. The fraction of sp³-hybridized carbons (Fsp3) is 0.375. The van der Waals surface area contributed by atoms with E-state index >= 15 is 0 Å². The third kappa shape index (κ3) is 17.1. The molecule has 0 saturated heterocycles. The molecule has 0 amide bonds. The molecule has 0 aromatic heterocycles. The third-order valence-corrected chi connectivity index (χ3v) is 1.18. The lowest BCUT2D eigenvalue weighted by molar-refractivity contribution is -0.140. The first kappa shape index (κ1) is 15.4. The molecule has 6 heteroatoms. The van der Waals surface area contributed by atoms with E-state index in [1.54, 1.807) is 0 Å². The van der Waals surface area contributed by atoms with Gasteiger partial charge in [0.2, 0.25) is 0 Å². The first-order chi connectivity index (χ1) is 6.43. The van der Waals surface area contributed by atoms with E-state index < -0.39 is 5.97 Å². The van der Waals surface area contributed by atoms with E-state index in [9.17, 15) is 14.4 Å². The van der Waals surface area contributed by atoms with Crippen LogP contribution < -0.4 is 5.90 Å². The number of carbonyl (C=O) groups is 3. The highest BCUT2D eigenvalue weighted by molar-refractivity contribution is 7.18. The Morgan fingerprint density at radius 1 is 1.21 bits per heavy atom. The number of hydrogen-bond donors (Lipinski definition) is 1. The van der Waals surface area contributed by atoms with Crippen molar-refractivity contribution in [2.75, 3.05) is 6.16 Å². The van der Waals surface area contributed by atoms with Gasteiger partial charge in [-0.3, -0.25) is 14.4 Å². The Balaban J connectivity index is 0. The molecule has 5 nitrogen and oxygen atoms in total. The van der Waals surface area contributed by atoms with Crippen molar-refractivity contribution in [2.24, 2.45) is 5.90 Å². The average Bonchev–Trinajstić information content (AvgIpc) is 2.14. The number of rotatable bonds is 3. The van der Waals surface area contributed by atoms with E-state index in [4.69, 9.17) is 0 Å². The van der Waals surface area contributed by atoms with Gasteiger partial charge < -0.3 is 4.84 Å². The normalized spacial score (nSPS) is 8.86. The second-order valence-electron chi connectivity index (χ2n) is 2.25. The number of hydrogen-bond acceptors (Lipinski definition) is 5. The Kier molecular flexibility index (Phi) is 11.0. The van der Waals surface area contributed by atoms with Gasteiger partial charge in [0.05, 0.1) is 6.16 Å². The van der Waals surface area contributed by atoms with Crippen molar-refractivity contribution < 1.29 is 19.2 Å². The molecule has 0 radical (unpaired) electrons. The predicted octanol–water partition coefficient (Wildman–Crippen LogP) is -0.00100. The van der Waals surface area contributed by atoms with Crippen LogP contribution in [0.4, 0.5) is 0 Å². The second-order valence-corrected chi connectivity index (χ2v) is 2.66. The van der Waals surface area contributed by atoms with Crippen molar-refractivity contribution in [1.29, 1.82) is 0 Å². The van der Waals surface area contributed by atoms with E-state index in [2.05, 4.69) is 20.0 Å². The SMILES string of the molecule is CC(=O)/C=C\C(C)=O.NOC(=O)CP. The molecular formula is C8H14NO4P. The van der Waals surface area contributed by atoms with Gasteiger partial charge in [-0.1, -0.05) is 0 Å². The molecule has 0 rings (SSSR count). The standard InChI is InChI=1S/C6H8O2.C2H6NO2P/c1-5(7)3-4-6(2)8;3-5-2(4)1-6/h3-4H,1-2H3;1,3,6H2/b4-3-;. The first-order valence-electron chi connectivity index (χ1n) is 3.72. The molecule has 0 aromatic rings. The van der Waals surface area contributed by atoms with Crippen molar-refractivity contribution in [1.82, 2.24) is 0 Å². The maximum Gasteiger partial charge on any atom is 0.328 e. The van der Waals surface area contributed by atoms with Crippen molar-refractivity contribution >= 4 is 26.8 Å². The van der Waals surface area contributed by atoms with Gasteiger partial charge in [-0.25, -0.2) is 0 Å². The molecule has 0 aromatic carbocycles. The smallest absolute Gasteiger partial charge is 0.328 e. The summed E-state index contributed by atoms with van der Waals surface area (Å²) in [5.41, 5.74) is 0. The monoisotopic (exact) mass is 219 g/mol. The highest BCUT2D eigenvalue weighted by Crippen LogP contribution is 1.78. The summed E-state index contributed by atoms with van der Waals surface area (Å²) < 4.78 is 0. The summed E-state index contributed by atoms with van der Waals surface area (Å²) in [5.74, 6) is 3.81. The molecule has 0 heterocycles. The molecular weight excluding hydrogens is 205 g/mol. The molecule has 1 unspecified atom stereocenters. The summed E-state index contributed by atoms with van der Waals surface area (Å²) in [6.07, 6.45) is 2.77. The molecule has 2 N–H and O–H groups in total. The van der Waals surface area contributed by atoms with Crippen LogP contribution in [0.5, 0.6) is 0 Å². The predicted molar refractivity (Wildman–Crippen MR) is 55.4 cm³/mol. The summed E-state index contributed by atoms with van der Waals surface area (Å²) in [6.45, 7) is 2.80. The second kappa shape index (κ2) is 10.0. The first-order valence-corrected chi connectivity index (χ1v) is 4.54. The maximum absolute atomic E-state index is 10.1. The van der Waals surface area contributed by atoms with Gasteiger partial charge >= 0.3 is 5.97 Å². The molecule has 14 heavy (non-hydrogen) atoms. The van der Waals surface area contributed by atoms with E-state index in [1.807, 2.05) is 0 Å². The quantitative estimate of drug-likeness (QED) is 0.410. The molecule has 0 aliphatic carbocycles. The van der Waals surface area contributed by atoms with Crippen LogP contribution >= 0.6 is 9.24 Å². The van der Waals surface area contributed by atoms with Crippen LogP contribution in [0, 0.1) is 0 Å². The lowest BCUT2D eigenvalue weighted by atomic mass is 10.3. The molecule has 0 spiro atoms. The largest absolute Gasteiger partial charge is 0.373 e. The topological polar surface area (TPSA) is 86.5 Å². The molecule has 1 atom stereocenters. The van der Waals surface area contributed by atoms with Crippen LogP contribution in [0.3, 0.4) is 0 Å². The van der Waals surface area contributed by atoms with Gasteiger partial charge in [-0.2, -0.15) is 5.90 Å². The number of carbonyl (C=O) groups excluding carboxylic acids is 3. The van der Waals surface area contributed by atoms with E-state index in [0.717, 1.165) is 0 Å². The summed E-state index contributed by atoms with van der Waals surface area (Å²) in [6, 6.07) is 0. The van der Waals surface area contributed by atoms with Crippen LogP contribution in [0.25, 0.3) is 0 Å². The van der Waals surface area contributed by atoms with Crippen molar-refractivity contribution in [3.8, 4) is 0 Å². The Morgan fingerprint density at radius 2 is 1.57 bits per heavy atom. The summed E-state index contributed by atoms with van der Waals surface area (Å²) in [7, 11) is 2.18. The molecule has 0 fully saturated rings. The number of allylic oxidation sites excluding steroid dienone is 2. The van der Waals surface area contributed by atoms with E-state index in [-0.39, 0.29) is 17.7 Å². The van der Waals surface area contributed by atoms with Crippen molar-refractivity contribution in [3.63, 3.8) is 0 Å². The van der Waals surface area contributed by atoms with Gasteiger partial charge in [0.25, 0.3) is 0 Å². The molecule has 80 valence electrons. The number of ketones is 2. The zero-order valence-corrected chi connectivity index (χ0v) is 9.30. The minimum absolute atomic E-state index is 0.0970. The average molecular weight is 219 g/mol. The van der Waals surface area contributed by atoms with Crippen LogP contribution in [-0.4, -0.2) is 23.7 Å².